The Morgan fingerprint density at radius 2 is 2.18 bits per heavy atom. The van der Waals surface area contributed by atoms with Gasteiger partial charge in [-0.1, -0.05) is 6.42 Å². The molecule has 2 aliphatic rings. The Morgan fingerprint density at radius 3 is 2.64 bits per heavy atom. The van der Waals surface area contributed by atoms with Gasteiger partial charge in [-0.2, -0.15) is 0 Å². The van der Waals surface area contributed by atoms with Crippen molar-refractivity contribution in [1.82, 2.24) is 5.32 Å². The molecule has 11 heavy (non-hydrogen) atoms. The highest BCUT2D eigenvalue weighted by Crippen LogP contribution is 2.44. The van der Waals surface area contributed by atoms with Crippen LogP contribution in [0.4, 0.5) is 0 Å². The lowest BCUT2D eigenvalue weighted by Crippen LogP contribution is -2.36. The molecule has 2 saturated carbocycles. The molecule has 2 bridgehead atoms. The molecule has 0 spiro atoms. The van der Waals surface area contributed by atoms with Crippen molar-refractivity contribution in [3.63, 3.8) is 0 Å². The Labute approximate surface area is 67.4 Å². The molecule has 0 aromatic carbocycles. The van der Waals surface area contributed by atoms with Crippen molar-refractivity contribution >= 4 is 5.91 Å². The molecule has 0 heterocycles. The lowest BCUT2D eigenvalue weighted by Gasteiger charge is -2.21. The fourth-order valence-electron chi connectivity index (χ4n) is 2.68. The number of carbonyl (C=O) groups is 1. The molecule has 2 nitrogen and oxygen atoms in total. The molecule has 1 amide bonds. The van der Waals surface area contributed by atoms with Gasteiger partial charge in [0.1, 0.15) is 0 Å². The lowest BCUT2D eigenvalue weighted by molar-refractivity contribution is -0.120. The minimum absolute atomic E-state index is 0.141. The van der Waals surface area contributed by atoms with E-state index < -0.39 is 0 Å². The van der Waals surface area contributed by atoms with Gasteiger partial charge in [-0.3, -0.25) is 4.79 Å². The van der Waals surface area contributed by atoms with Gasteiger partial charge in [0.15, 0.2) is 0 Å². The molecule has 62 valence electrons. The molecular weight excluding hydrogens is 138 g/mol. The lowest BCUT2D eigenvalue weighted by atomic mass is 9.95. The van der Waals surface area contributed by atoms with Gasteiger partial charge in [0.2, 0.25) is 5.91 Å². The summed E-state index contributed by atoms with van der Waals surface area (Å²) in [5.74, 6) is 1.88. The average molecular weight is 153 g/mol. The summed E-state index contributed by atoms with van der Waals surface area (Å²) >= 11 is 0. The number of fused-ring (bicyclic) bond motifs is 2. The molecule has 1 N–H and O–H groups in total. The fraction of sp³-hybridized carbons (Fsp3) is 0.889. The van der Waals surface area contributed by atoms with E-state index in [2.05, 4.69) is 5.32 Å². The van der Waals surface area contributed by atoms with Gasteiger partial charge in [0.05, 0.1) is 0 Å². The fourth-order valence-corrected chi connectivity index (χ4v) is 2.68. The average Bonchev–Trinajstić information content (AvgIpc) is 2.45. The van der Waals surface area contributed by atoms with Gasteiger partial charge in [0, 0.05) is 13.0 Å². The SMILES string of the molecule is CC(=O)N[C@H]1C[C@H]2CC[C@H]1C2. The number of carbonyl (C=O) groups excluding carboxylic acids is 1. The molecule has 2 heteroatoms. The minimum atomic E-state index is 0.141. The zero-order chi connectivity index (χ0) is 7.84. The predicted octanol–water partition coefficient (Wildman–Crippen LogP) is 1.31. The largest absolute Gasteiger partial charge is 0.353 e. The quantitative estimate of drug-likeness (QED) is 0.604. The van der Waals surface area contributed by atoms with Crippen LogP contribution < -0.4 is 5.32 Å². The summed E-state index contributed by atoms with van der Waals surface area (Å²) in [4.78, 5) is 10.8. The molecule has 3 atom stereocenters. The number of rotatable bonds is 1. The zero-order valence-corrected chi connectivity index (χ0v) is 6.97. The third-order valence-electron chi connectivity index (χ3n) is 3.13. The Kier molecular flexibility index (Phi) is 1.63. The van der Waals surface area contributed by atoms with Crippen LogP contribution >= 0.6 is 0 Å². The van der Waals surface area contributed by atoms with Crippen LogP contribution in [0.5, 0.6) is 0 Å². The van der Waals surface area contributed by atoms with Gasteiger partial charge in [-0.15, -0.1) is 0 Å². The van der Waals surface area contributed by atoms with Crippen molar-refractivity contribution in [1.29, 1.82) is 0 Å². The second-order valence-corrected chi connectivity index (χ2v) is 3.98. The number of amides is 1. The monoisotopic (exact) mass is 153 g/mol. The highest BCUT2D eigenvalue weighted by atomic mass is 16.1. The molecule has 0 saturated heterocycles. The van der Waals surface area contributed by atoms with E-state index in [-0.39, 0.29) is 5.91 Å². The highest BCUT2D eigenvalue weighted by molar-refractivity contribution is 5.73. The van der Waals surface area contributed by atoms with E-state index >= 15 is 0 Å². The maximum Gasteiger partial charge on any atom is 0.217 e. The van der Waals surface area contributed by atoms with Crippen LogP contribution in [0.2, 0.25) is 0 Å². The molecule has 0 radical (unpaired) electrons. The summed E-state index contributed by atoms with van der Waals surface area (Å²) in [6, 6.07) is 0.520. The first-order valence-corrected chi connectivity index (χ1v) is 4.53. The van der Waals surface area contributed by atoms with Crippen molar-refractivity contribution in [2.75, 3.05) is 0 Å². The van der Waals surface area contributed by atoms with Crippen LogP contribution in [0.3, 0.4) is 0 Å². The second kappa shape index (κ2) is 2.50. The van der Waals surface area contributed by atoms with Crippen LogP contribution in [0.15, 0.2) is 0 Å². The standard InChI is InChI=1S/C9H15NO/c1-6(11)10-9-5-7-2-3-8(9)4-7/h7-9H,2-5H2,1H3,(H,10,11)/t7-,8-,9-/m0/s1. The van der Waals surface area contributed by atoms with E-state index in [1.165, 1.54) is 25.7 Å². The number of hydrogen-bond donors (Lipinski definition) is 1. The van der Waals surface area contributed by atoms with Gasteiger partial charge in [-0.05, 0) is 31.1 Å². The molecule has 0 aromatic rings. The topological polar surface area (TPSA) is 29.1 Å². The van der Waals surface area contributed by atoms with Gasteiger partial charge in [0.25, 0.3) is 0 Å². The summed E-state index contributed by atoms with van der Waals surface area (Å²) < 4.78 is 0. The first-order valence-electron chi connectivity index (χ1n) is 4.53. The van der Waals surface area contributed by atoms with E-state index in [4.69, 9.17) is 0 Å². The van der Waals surface area contributed by atoms with E-state index in [9.17, 15) is 4.79 Å². The van der Waals surface area contributed by atoms with E-state index in [0.717, 1.165) is 11.8 Å². The Morgan fingerprint density at radius 1 is 1.36 bits per heavy atom. The number of nitrogens with one attached hydrogen (secondary N) is 1. The molecular formula is C9H15NO. The van der Waals surface area contributed by atoms with Crippen LogP contribution in [-0.2, 0) is 4.79 Å². The molecule has 0 unspecified atom stereocenters. The van der Waals surface area contributed by atoms with Crippen molar-refractivity contribution in [2.24, 2.45) is 11.8 Å². The maximum atomic E-state index is 10.8. The van der Waals surface area contributed by atoms with Crippen molar-refractivity contribution < 1.29 is 4.79 Å². The van der Waals surface area contributed by atoms with Crippen LogP contribution in [-0.4, -0.2) is 11.9 Å². The number of hydrogen-bond acceptors (Lipinski definition) is 1. The molecule has 0 aromatic heterocycles. The van der Waals surface area contributed by atoms with E-state index in [0.29, 0.717) is 6.04 Å². The third-order valence-corrected chi connectivity index (χ3v) is 3.13. The Balaban J connectivity index is 1.92. The molecule has 2 fully saturated rings. The third kappa shape index (κ3) is 1.26. The van der Waals surface area contributed by atoms with E-state index in [1.807, 2.05) is 0 Å². The van der Waals surface area contributed by atoms with Crippen molar-refractivity contribution in [3.05, 3.63) is 0 Å². The molecule has 0 aliphatic heterocycles. The second-order valence-electron chi connectivity index (χ2n) is 3.98. The maximum absolute atomic E-state index is 10.8. The van der Waals surface area contributed by atoms with Gasteiger partial charge < -0.3 is 5.32 Å². The van der Waals surface area contributed by atoms with Gasteiger partial charge in [-0.25, -0.2) is 0 Å². The summed E-state index contributed by atoms with van der Waals surface area (Å²) in [5.41, 5.74) is 0. The van der Waals surface area contributed by atoms with Gasteiger partial charge >= 0.3 is 0 Å². The first-order chi connectivity index (χ1) is 5.25. The molecule has 2 rings (SSSR count). The summed E-state index contributed by atoms with van der Waals surface area (Å²) in [6.45, 7) is 1.62. The Bertz CT molecular complexity index is 178. The Hall–Kier alpha value is -0.530. The van der Waals surface area contributed by atoms with Crippen molar-refractivity contribution in [2.45, 2.75) is 38.6 Å². The zero-order valence-electron chi connectivity index (χ0n) is 6.97. The summed E-state index contributed by atoms with van der Waals surface area (Å²) in [5, 5.41) is 3.03. The summed E-state index contributed by atoms with van der Waals surface area (Å²) in [6.07, 6.45) is 5.35. The normalized spacial score (nSPS) is 41.0. The first kappa shape index (κ1) is 7.14. The summed E-state index contributed by atoms with van der Waals surface area (Å²) in [7, 11) is 0. The van der Waals surface area contributed by atoms with Crippen LogP contribution in [0.1, 0.15) is 32.6 Å². The van der Waals surface area contributed by atoms with Crippen molar-refractivity contribution in [3.8, 4) is 0 Å². The highest BCUT2D eigenvalue weighted by Gasteiger charge is 2.39. The smallest absolute Gasteiger partial charge is 0.217 e. The predicted molar refractivity (Wildman–Crippen MR) is 43.1 cm³/mol. The van der Waals surface area contributed by atoms with E-state index in [1.54, 1.807) is 6.92 Å². The van der Waals surface area contributed by atoms with Crippen LogP contribution in [0.25, 0.3) is 0 Å². The van der Waals surface area contributed by atoms with Crippen LogP contribution in [0, 0.1) is 11.8 Å². The minimum Gasteiger partial charge on any atom is -0.353 e. The molecule has 2 aliphatic carbocycles.